The van der Waals surface area contributed by atoms with Gasteiger partial charge in [-0.15, -0.1) is 0 Å². The molecule has 0 aliphatic rings. The zero-order valence-electron chi connectivity index (χ0n) is 10.5. The number of furan rings is 1. The lowest BCUT2D eigenvalue weighted by Gasteiger charge is -2.08. The molecule has 0 fully saturated rings. The monoisotopic (exact) mass is 281 g/mol. The summed E-state index contributed by atoms with van der Waals surface area (Å²) in [5, 5.41) is 0. The fraction of sp³-hybridized carbons (Fsp3) is 0.231. The first-order valence-electron chi connectivity index (χ1n) is 5.70. The van der Waals surface area contributed by atoms with Gasteiger partial charge in [-0.3, -0.25) is 0 Å². The first kappa shape index (κ1) is 13.6. The number of hydrogen-bond acceptors (Lipinski definition) is 5. The molecule has 0 aliphatic carbocycles. The van der Waals surface area contributed by atoms with Crippen molar-refractivity contribution in [1.82, 2.24) is 0 Å². The summed E-state index contributed by atoms with van der Waals surface area (Å²) in [5.74, 6) is 1.04. The second kappa shape index (κ2) is 5.46. The van der Waals surface area contributed by atoms with E-state index in [1.54, 1.807) is 30.3 Å². The van der Waals surface area contributed by atoms with Crippen LogP contribution in [0, 0.1) is 0 Å². The summed E-state index contributed by atoms with van der Waals surface area (Å²) in [5.41, 5.74) is 5.42. The number of benzene rings is 1. The largest absolute Gasteiger partial charge is 0.495 e. The molecule has 0 saturated carbocycles. The Morgan fingerprint density at radius 3 is 2.47 bits per heavy atom. The molecule has 0 spiro atoms. The van der Waals surface area contributed by atoms with Crippen LogP contribution in [0.25, 0.3) is 0 Å². The third-order valence-electron chi connectivity index (χ3n) is 2.65. The minimum Gasteiger partial charge on any atom is -0.495 e. The first-order chi connectivity index (χ1) is 9.06. The van der Waals surface area contributed by atoms with Crippen molar-refractivity contribution in [2.24, 2.45) is 5.73 Å². The highest BCUT2D eigenvalue weighted by molar-refractivity contribution is 7.90. The third kappa shape index (κ3) is 2.97. The van der Waals surface area contributed by atoms with E-state index in [9.17, 15) is 8.42 Å². The van der Waals surface area contributed by atoms with Crippen LogP contribution in [0.5, 0.6) is 5.75 Å². The van der Waals surface area contributed by atoms with Crippen LogP contribution in [0.4, 0.5) is 0 Å². The second-order valence-corrected chi connectivity index (χ2v) is 5.94. The zero-order valence-corrected chi connectivity index (χ0v) is 11.3. The van der Waals surface area contributed by atoms with Gasteiger partial charge < -0.3 is 14.9 Å². The molecule has 19 heavy (non-hydrogen) atoms. The van der Waals surface area contributed by atoms with E-state index < -0.39 is 9.84 Å². The number of para-hydroxylation sites is 1. The van der Waals surface area contributed by atoms with Gasteiger partial charge in [0, 0.05) is 0 Å². The molecule has 0 bridgehead atoms. The number of ether oxygens (including phenoxy) is 1. The van der Waals surface area contributed by atoms with Crippen LogP contribution in [0.1, 0.15) is 11.5 Å². The predicted octanol–water partition coefficient (Wildman–Crippen LogP) is 1.72. The average molecular weight is 281 g/mol. The minimum atomic E-state index is -3.51. The van der Waals surface area contributed by atoms with E-state index in [0.29, 0.717) is 17.3 Å². The van der Waals surface area contributed by atoms with E-state index in [1.165, 1.54) is 13.2 Å². The molecule has 0 radical (unpaired) electrons. The highest BCUT2D eigenvalue weighted by atomic mass is 32.2. The Balaban J connectivity index is 2.32. The predicted molar refractivity (Wildman–Crippen MR) is 70.5 cm³/mol. The third-order valence-corrected chi connectivity index (χ3v) is 4.33. The summed E-state index contributed by atoms with van der Waals surface area (Å²) >= 11 is 0. The van der Waals surface area contributed by atoms with Crippen molar-refractivity contribution in [3.63, 3.8) is 0 Å². The molecule has 2 aromatic rings. The van der Waals surface area contributed by atoms with Crippen molar-refractivity contribution in [2.75, 3.05) is 7.11 Å². The normalized spacial score (nSPS) is 11.5. The Morgan fingerprint density at radius 1 is 1.16 bits per heavy atom. The minimum absolute atomic E-state index is 0.156. The van der Waals surface area contributed by atoms with E-state index in [0.717, 1.165) is 0 Å². The maximum atomic E-state index is 12.3. The molecule has 5 nitrogen and oxygen atoms in total. The van der Waals surface area contributed by atoms with E-state index in [2.05, 4.69) is 0 Å². The van der Waals surface area contributed by atoms with Crippen LogP contribution in [0.15, 0.2) is 45.7 Å². The molecule has 0 aliphatic heterocycles. The highest BCUT2D eigenvalue weighted by Gasteiger charge is 2.21. The second-order valence-electron chi connectivity index (χ2n) is 3.98. The van der Waals surface area contributed by atoms with Crippen molar-refractivity contribution in [2.45, 2.75) is 17.2 Å². The van der Waals surface area contributed by atoms with Gasteiger partial charge in [-0.05, 0) is 24.3 Å². The van der Waals surface area contributed by atoms with Crippen LogP contribution in [-0.4, -0.2) is 15.5 Å². The van der Waals surface area contributed by atoms with Crippen molar-refractivity contribution in [1.29, 1.82) is 0 Å². The summed E-state index contributed by atoms with van der Waals surface area (Å²) in [6.45, 7) is 0.245. The number of sulfone groups is 1. The summed E-state index contributed by atoms with van der Waals surface area (Å²) in [6, 6.07) is 9.80. The number of methoxy groups -OCH3 is 1. The maximum absolute atomic E-state index is 12.3. The summed E-state index contributed by atoms with van der Waals surface area (Å²) in [7, 11) is -2.07. The van der Waals surface area contributed by atoms with Crippen LogP contribution in [-0.2, 0) is 22.1 Å². The van der Waals surface area contributed by atoms with Crippen LogP contribution in [0.3, 0.4) is 0 Å². The molecule has 2 N–H and O–H groups in total. The smallest absolute Gasteiger partial charge is 0.189 e. The molecular weight excluding hydrogens is 266 g/mol. The first-order valence-corrected chi connectivity index (χ1v) is 7.35. The van der Waals surface area contributed by atoms with Gasteiger partial charge in [-0.2, -0.15) is 0 Å². The SMILES string of the molecule is COc1ccccc1S(=O)(=O)Cc1ccc(CN)o1. The molecule has 0 unspecified atom stereocenters. The van der Waals surface area contributed by atoms with E-state index in [4.69, 9.17) is 14.9 Å². The molecular formula is C13H15NO4S. The van der Waals surface area contributed by atoms with Crippen molar-refractivity contribution in [3.8, 4) is 5.75 Å². The lowest BCUT2D eigenvalue weighted by Crippen LogP contribution is -2.06. The molecule has 1 heterocycles. The van der Waals surface area contributed by atoms with Gasteiger partial charge in [0.2, 0.25) is 0 Å². The van der Waals surface area contributed by atoms with E-state index in [-0.39, 0.29) is 17.2 Å². The van der Waals surface area contributed by atoms with Crippen molar-refractivity contribution in [3.05, 3.63) is 47.9 Å². The standard InChI is InChI=1S/C13H15NO4S/c1-17-12-4-2-3-5-13(12)19(15,16)9-11-7-6-10(8-14)18-11/h2-7H,8-9,14H2,1H3. The van der Waals surface area contributed by atoms with Crippen LogP contribution >= 0.6 is 0 Å². The van der Waals surface area contributed by atoms with Gasteiger partial charge >= 0.3 is 0 Å². The quantitative estimate of drug-likeness (QED) is 0.902. The Morgan fingerprint density at radius 2 is 1.84 bits per heavy atom. The van der Waals surface area contributed by atoms with Crippen LogP contribution < -0.4 is 10.5 Å². The Labute approximate surface area is 111 Å². The number of nitrogens with two attached hydrogens (primary N) is 1. The van der Waals surface area contributed by atoms with Crippen molar-refractivity contribution < 1.29 is 17.6 Å². The lowest BCUT2D eigenvalue weighted by molar-refractivity contribution is 0.402. The van der Waals surface area contributed by atoms with Gasteiger partial charge in [0.25, 0.3) is 0 Å². The molecule has 6 heteroatoms. The fourth-order valence-electron chi connectivity index (χ4n) is 1.75. The summed E-state index contributed by atoms with van der Waals surface area (Å²) in [6.07, 6.45) is 0. The maximum Gasteiger partial charge on any atom is 0.189 e. The molecule has 0 amide bonds. The summed E-state index contributed by atoms with van der Waals surface area (Å²) in [4.78, 5) is 0.156. The summed E-state index contributed by atoms with van der Waals surface area (Å²) < 4.78 is 35.0. The molecule has 1 aromatic heterocycles. The Hall–Kier alpha value is -1.79. The fourth-order valence-corrected chi connectivity index (χ4v) is 3.18. The molecule has 0 saturated heterocycles. The topological polar surface area (TPSA) is 82.5 Å². The molecule has 2 rings (SSSR count). The molecule has 1 aromatic carbocycles. The molecule has 0 atom stereocenters. The van der Waals surface area contributed by atoms with Gasteiger partial charge in [-0.25, -0.2) is 8.42 Å². The zero-order chi connectivity index (χ0) is 13.9. The van der Waals surface area contributed by atoms with Gasteiger partial charge in [-0.1, -0.05) is 12.1 Å². The number of rotatable bonds is 5. The molecule has 102 valence electrons. The van der Waals surface area contributed by atoms with Gasteiger partial charge in [0.1, 0.15) is 27.9 Å². The van der Waals surface area contributed by atoms with E-state index >= 15 is 0 Å². The average Bonchev–Trinajstić information content (AvgIpc) is 2.85. The number of hydrogen-bond donors (Lipinski definition) is 1. The van der Waals surface area contributed by atoms with Gasteiger partial charge in [0.05, 0.1) is 13.7 Å². The highest BCUT2D eigenvalue weighted by Crippen LogP contribution is 2.26. The lowest BCUT2D eigenvalue weighted by atomic mass is 10.3. The Kier molecular flexibility index (Phi) is 3.92. The van der Waals surface area contributed by atoms with Crippen molar-refractivity contribution >= 4 is 9.84 Å². The Bertz CT molecular complexity index is 661. The van der Waals surface area contributed by atoms with Crippen LogP contribution in [0.2, 0.25) is 0 Å². The van der Waals surface area contributed by atoms with E-state index in [1.807, 2.05) is 0 Å². The van der Waals surface area contributed by atoms with Gasteiger partial charge in [0.15, 0.2) is 9.84 Å².